The maximum atomic E-state index is 12.4. The molecule has 2 heterocycles. The molecule has 98 valence electrons. The molecule has 0 radical (unpaired) electrons. The Labute approximate surface area is 107 Å². The molecule has 1 saturated heterocycles. The van der Waals surface area contributed by atoms with Gasteiger partial charge < -0.3 is 15.0 Å². The normalized spacial score (nSPS) is 18.7. The van der Waals surface area contributed by atoms with Gasteiger partial charge in [0.25, 0.3) is 5.91 Å². The fraction of sp³-hybridized carbons (Fsp3) is 0.538. The molecule has 18 heavy (non-hydrogen) atoms. The molecule has 1 amide bonds. The standard InChI is InChI=1S/C13H19N3O2/c1-3-15-12-4-6-14-8-11(12)13(17)16(2)10-5-7-18-9-10/h4,6,8,10H,3,5,7,9H2,1-2H3,(H,14,15). The topological polar surface area (TPSA) is 54.5 Å². The summed E-state index contributed by atoms with van der Waals surface area (Å²) in [6.07, 6.45) is 4.21. The molecule has 0 aromatic carbocycles. The Morgan fingerprint density at radius 2 is 2.50 bits per heavy atom. The van der Waals surface area contributed by atoms with E-state index in [1.807, 2.05) is 20.0 Å². The smallest absolute Gasteiger partial charge is 0.257 e. The van der Waals surface area contributed by atoms with E-state index >= 15 is 0 Å². The van der Waals surface area contributed by atoms with Gasteiger partial charge in [-0.1, -0.05) is 0 Å². The van der Waals surface area contributed by atoms with Gasteiger partial charge in [-0.3, -0.25) is 9.78 Å². The average molecular weight is 249 g/mol. The van der Waals surface area contributed by atoms with Crippen LogP contribution in [0.1, 0.15) is 23.7 Å². The number of ether oxygens (including phenoxy) is 1. The highest BCUT2D eigenvalue weighted by atomic mass is 16.5. The summed E-state index contributed by atoms with van der Waals surface area (Å²) in [4.78, 5) is 18.2. The summed E-state index contributed by atoms with van der Waals surface area (Å²) < 4.78 is 5.32. The third kappa shape index (κ3) is 2.61. The van der Waals surface area contributed by atoms with Crippen molar-refractivity contribution < 1.29 is 9.53 Å². The summed E-state index contributed by atoms with van der Waals surface area (Å²) in [6, 6.07) is 2.00. The predicted octanol–water partition coefficient (Wildman–Crippen LogP) is 1.37. The maximum absolute atomic E-state index is 12.4. The van der Waals surface area contributed by atoms with E-state index in [2.05, 4.69) is 10.3 Å². The minimum absolute atomic E-state index is 0.00505. The zero-order valence-corrected chi connectivity index (χ0v) is 10.8. The van der Waals surface area contributed by atoms with Crippen LogP contribution in [0.2, 0.25) is 0 Å². The second kappa shape index (κ2) is 5.82. The van der Waals surface area contributed by atoms with Crippen LogP contribution in [-0.2, 0) is 4.74 Å². The van der Waals surface area contributed by atoms with Gasteiger partial charge in [0.05, 0.1) is 23.9 Å². The lowest BCUT2D eigenvalue weighted by molar-refractivity contribution is 0.0712. The van der Waals surface area contributed by atoms with Crippen molar-refractivity contribution in [3.05, 3.63) is 24.0 Å². The van der Waals surface area contributed by atoms with E-state index in [0.717, 1.165) is 25.3 Å². The van der Waals surface area contributed by atoms with Crippen molar-refractivity contribution in [3.8, 4) is 0 Å². The number of likely N-dealkylation sites (N-methyl/N-ethyl adjacent to an activating group) is 1. The summed E-state index contributed by atoms with van der Waals surface area (Å²) in [7, 11) is 1.82. The number of carbonyl (C=O) groups excluding carboxylic acids is 1. The summed E-state index contributed by atoms with van der Waals surface area (Å²) in [5.41, 5.74) is 1.46. The predicted molar refractivity (Wildman–Crippen MR) is 69.7 cm³/mol. The van der Waals surface area contributed by atoms with Crippen molar-refractivity contribution in [3.63, 3.8) is 0 Å². The summed E-state index contributed by atoms with van der Waals surface area (Å²) in [5.74, 6) is -0.00505. The molecule has 1 aromatic rings. The van der Waals surface area contributed by atoms with Gasteiger partial charge >= 0.3 is 0 Å². The van der Waals surface area contributed by atoms with Crippen molar-refractivity contribution in [1.82, 2.24) is 9.88 Å². The van der Waals surface area contributed by atoms with Crippen molar-refractivity contribution in [2.75, 3.05) is 32.1 Å². The maximum Gasteiger partial charge on any atom is 0.257 e. The van der Waals surface area contributed by atoms with Crippen LogP contribution in [0.3, 0.4) is 0 Å². The molecule has 5 heteroatoms. The highest BCUT2D eigenvalue weighted by Crippen LogP contribution is 2.19. The molecule has 1 aliphatic rings. The van der Waals surface area contributed by atoms with Crippen molar-refractivity contribution in [2.24, 2.45) is 0 Å². The first kappa shape index (κ1) is 12.8. The van der Waals surface area contributed by atoms with E-state index in [-0.39, 0.29) is 11.9 Å². The van der Waals surface area contributed by atoms with E-state index in [4.69, 9.17) is 4.74 Å². The van der Waals surface area contributed by atoms with Gasteiger partial charge in [0.1, 0.15) is 0 Å². The minimum atomic E-state index is -0.00505. The SMILES string of the molecule is CCNc1ccncc1C(=O)N(C)C1CCOC1. The highest BCUT2D eigenvalue weighted by molar-refractivity contribution is 5.99. The van der Waals surface area contributed by atoms with Crippen LogP contribution in [0.5, 0.6) is 0 Å². The van der Waals surface area contributed by atoms with Crippen LogP contribution >= 0.6 is 0 Å². The number of rotatable bonds is 4. The first-order valence-electron chi connectivity index (χ1n) is 6.26. The lowest BCUT2D eigenvalue weighted by Crippen LogP contribution is -2.37. The number of nitrogens with zero attached hydrogens (tertiary/aromatic N) is 2. The molecule has 5 nitrogen and oxygen atoms in total. The third-order valence-corrected chi connectivity index (χ3v) is 3.19. The van der Waals surface area contributed by atoms with Crippen molar-refractivity contribution >= 4 is 11.6 Å². The molecule has 2 rings (SSSR count). The fourth-order valence-electron chi connectivity index (χ4n) is 2.09. The van der Waals surface area contributed by atoms with Crippen LogP contribution < -0.4 is 5.32 Å². The number of pyridine rings is 1. The second-order valence-electron chi connectivity index (χ2n) is 4.39. The molecule has 0 spiro atoms. The second-order valence-corrected chi connectivity index (χ2v) is 4.39. The van der Waals surface area contributed by atoms with Crippen molar-refractivity contribution in [2.45, 2.75) is 19.4 Å². The van der Waals surface area contributed by atoms with Crippen LogP contribution in [0.25, 0.3) is 0 Å². The van der Waals surface area contributed by atoms with Crippen LogP contribution in [0.4, 0.5) is 5.69 Å². The molecule has 1 atom stereocenters. The number of carbonyl (C=O) groups is 1. The number of amides is 1. The molecule has 1 aromatic heterocycles. The molecule has 1 unspecified atom stereocenters. The molecular weight excluding hydrogens is 230 g/mol. The highest BCUT2D eigenvalue weighted by Gasteiger charge is 2.26. The molecule has 1 N–H and O–H groups in total. The third-order valence-electron chi connectivity index (χ3n) is 3.19. The number of hydrogen-bond donors (Lipinski definition) is 1. The largest absolute Gasteiger partial charge is 0.385 e. The summed E-state index contributed by atoms with van der Waals surface area (Å²) in [6.45, 7) is 4.14. The Bertz CT molecular complexity index is 416. The molecule has 0 bridgehead atoms. The average Bonchev–Trinajstić information content (AvgIpc) is 2.92. The molecule has 1 aliphatic heterocycles. The van der Waals surface area contributed by atoms with Gasteiger partial charge in [0, 0.05) is 32.6 Å². The number of aromatic nitrogens is 1. The molecular formula is C13H19N3O2. The first-order chi connectivity index (χ1) is 8.74. The first-order valence-corrected chi connectivity index (χ1v) is 6.26. The Morgan fingerprint density at radius 3 is 3.17 bits per heavy atom. The lowest BCUT2D eigenvalue weighted by atomic mass is 10.1. The Hall–Kier alpha value is -1.62. The Morgan fingerprint density at radius 1 is 1.67 bits per heavy atom. The van der Waals surface area contributed by atoms with Gasteiger partial charge in [0.2, 0.25) is 0 Å². The van der Waals surface area contributed by atoms with Gasteiger partial charge in [-0.05, 0) is 19.4 Å². The number of nitrogens with one attached hydrogen (secondary N) is 1. The summed E-state index contributed by atoms with van der Waals surface area (Å²) in [5, 5.41) is 3.18. The van der Waals surface area contributed by atoms with Crippen LogP contribution in [0.15, 0.2) is 18.5 Å². The van der Waals surface area contributed by atoms with E-state index in [1.165, 1.54) is 0 Å². The summed E-state index contributed by atoms with van der Waals surface area (Å²) >= 11 is 0. The van der Waals surface area contributed by atoms with Crippen LogP contribution in [0, 0.1) is 0 Å². The number of anilines is 1. The van der Waals surface area contributed by atoms with Gasteiger partial charge in [-0.2, -0.15) is 0 Å². The van der Waals surface area contributed by atoms with E-state index in [0.29, 0.717) is 12.2 Å². The number of hydrogen-bond acceptors (Lipinski definition) is 4. The van der Waals surface area contributed by atoms with E-state index < -0.39 is 0 Å². The van der Waals surface area contributed by atoms with Crippen LogP contribution in [-0.4, -0.2) is 48.6 Å². The minimum Gasteiger partial charge on any atom is -0.385 e. The van der Waals surface area contributed by atoms with E-state index in [9.17, 15) is 4.79 Å². The quantitative estimate of drug-likeness (QED) is 0.875. The van der Waals surface area contributed by atoms with Gasteiger partial charge in [0.15, 0.2) is 0 Å². The molecule has 0 aliphatic carbocycles. The fourth-order valence-corrected chi connectivity index (χ4v) is 2.09. The molecule has 0 saturated carbocycles. The Balaban J connectivity index is 2.16. The van der Waals surface area contributed by atoms with Gasteiger partial charge in [-0.25, -0.2) is 0 Å². The zero-order valence-electron chi connectivity index (χ0n) is 10.8. The lowest BCUT2D eigenvalue weighted by Gasteiger charge is -2.24. The van der Waals surface area contributed by atoms with E-state index in [1.54, 1.807) is 17.3 Å². The van der Waals surface area contributed by atoms with Crippen molar-refractivity contribution in [1.29, 1.82) is 0 Å². The Kier molecular flexibility index (Phi) is 4.15. The molecule has 1 fully saturated rings. The van der Waals surface area contributed by atoms with Gasteiger partial charge in [-0.15, -0.1) is 0 Å². The monoisotopic (exact) mass is 249 g/mol. The zero-order chi connectivity index (χ0) is 13.0.